The summed E-state index contributed by atoms with van der Waals surface area (Å²) in [4.78, 5) is 12.9. The van der Waals surface area contributed by atoms with Crippen molar-refractivity contribution in [1.82, 2.24) is 0 Å². The van der Waals surface area contributed by atoms with Crippen LogP contribution in [-0.2, 0) is 14.8 Å². The van der Waals surface area contributed by atoms with E-state index in [9.17, 15) is 13.2 Å². The lowest BCUT2D eigenvalue weighted by Crippen LogP contribution is -2.26. The van der Waals surface area contributed by atoms with E-state index in [1.165, 1.54) is 12.1 Å². The largest absolute Gasteiger partial charge is 0.489 e. The van der Waals surface area contributed by atoms with Crippen molar-refractivity contribution in [1.29, 1.82) is 0 Å². The number of sulfonamides is 1. The number of nitrogens with one attached hydrogen (secondary N) is 2. The lowest BCUT2D eigenvalue weighted by molar-refractivity contribution is -0.0109. The molecule has 1 saturated heterocycles. The highest BCUT2D eigenvalue weighted by Crippen LogP contribution is 2.26. The number of aryl methyl sites for hydroxylation is 1. The second-order valence-electron chi connectivity index (χ2n) is 8.25. The molecule has 0 bridgehead atoms. The maximum absolute atomic E-state index is 12.9. The predicted octanol–water partition coefficient (Wildman–Crippen LogP) is 5.00. The highest BCUT2D eigenvalue weighted by atomic mass is 32.2. The summed E-state index contributed by atoms with van der Waals surface area (Å²) in [7, 11) is -3.85. The number of ether oxygens (including phenoxy) is 2. The van der Waals surface area contributed by atoms with Crippen molar-refractivity contribution in [2.45, 2.75) is 37.2 Å². The Balaban J connectivity index is 1.46. The molecule has 3 aromatic rings. The Morgan fingerprint density at radius 3 is 2.59 bits per heavy atom. The lowest BCUT2D eigenvalue weighted by Gasteiger charge is -2.23. The van der Waals surface area contributed by atoms with Crippen LogP contribution in [0.4, 0.5) is 11.4 Å². The van der Waals surface area contributed by atoms with Gasteiger partial charge in [0.1, 0.15) is 12.4 Å². The van der Waals surface area contributed by atoms with Crippen molar-refractivity contribution in [3.63, 3.8) is 0 Å². The first-order valence-corrected chi connectivity index (χ1v) is 12.7. The van der Waals surface area contributed by atoms with Crippen LogP contribution in [0.1, 0.15) is 35.2 Å². The van der Waals surface area contributed by atoms with Gasteiger partial charge in [-0.1, -0.05) is 35.9 Å². The third kappa shape index (κ3) is 6.15. The summed E-state index contributed by atoms with van der Waals surface area (Å²) in [6.45, 7) is 3.07. The van der Waals surface area contributed by atoms with E-state index >= 15 is 0 Å². The van der Waals surface area contributed by atoms with Gasteiger partial charge in [0, 0.05) is 17.9 Å². The summed E-state index contributed by atoms with van der Waals surface area (Å²) in [6.07, 6.45) is 3.18. The molecule has 1 heterocycles. The minimum absolute atomic E-state index is 0.000271. The van der Waals surface area contributed by atoms with E-state index in [4.69, 9.17) is 9.47 Å². The maximum atomic E-state index is 12.9. The average Bonchev–Trinajstić information content (AvgIpc) is 2.85. The number of carbonyl (C=O) groups excluding carboxylic acids is 1. The number of amides is 1. The van der Waals surface area contributed by atoms with Gasteiger partial charge in [-0.15, -0.1) is 0 Å². The standard InChI is InChI=1S/C26H28N2O5S/c1-19-12-14-21(15-13-19)28-34(30,31)23-9-6-7-20(17-23)26(29)27-24-10-2-3-11-25(24)33-18-22-8-4-5-16-32-22/h2-3,6-7,9-15,17,22,28H,4-5,8,16,18H2,1H3,(H,27,29). The van der Waals surface area contributed by atoms with Gasteiger partial charge in [-0.25, -0.2) is 8.42 Å². The van der Waals surface area contributed by atoms with Crippen LogP contribution < -0.4 is 14.8 Å². The van der Waals surface area contributed by atoms with Crippen LogP contribution in [-0.4, -0.2) is 33.6 Å². The number of hydrogen-bond acceptors (Lipinski definition) is 5. The van der Waals surface area contributed by atoms with Crippen LogP contribution in [0.2, 0.25) is 0 Å². The molecular weight excluding hydrogens is 452 g/mol. The summed E-state index contributed by atoms with van der Waals surface area (Å²) in [6, 6.07) is 20.1. The van der Waals surface area contributed by atoms with Gasteiger partial charge in [0.25, 0.3) is 15.9 Å². The fourth-order valence-corrected chi connectivity index (χ4v) is 4.76. The van der Waals surface area contributed by atoms with E-state index in [2.05, 4.69) is 10.0 Å². The molecule has 1 aliphatic heterocycles. The minimum atomic E-state index is -3.85. The van der Waals surface area contributed by atoms with Crippen LogP contribution >= 0.6 is 0 Å². The molecule has 7 nitrogen and oxygen atoms in total. The van der Waals surface area contributed by atoms with Crippen molar-refractivity contribution >= 4 is 27.3 Å². The van der Waals surface area contributed by atoms with E-state index in [0.29, 0.717) is 23.7 Å². The molecule has 4 rings (SSSR count). The number of para-hydroxylation sites is 2. The molecule has 1 unspecified atom stereocenters. The molecule has 178 valence electrons. The third-order valence-corrected chi connectivity index (χ3v) is 6.92. The molecule has 1 amide bonds. The second kappa shape index (κ2) is 10.7. The average molecular weight is 481 g/mol. The molecule has 1 atom stereocenters. The predicted molar refractivity (Wildman–Crippen MR) is 132 cm³/mol. The zero-order valence-corrected chi connectivity index (χ0v) is 19.8. The lowest BCUT2D eigenvalue weighted by atomic mass is 10.1. The Kier molecular flexibility index (Phi) is 7.49. The van der Waals surface area contributed by atoms with E-state index in [-0.39, 0.29) is 16.6 Å². The van der Waals surface area contributed by atoms with E-state index < -0.39 is 15.9 Å². The van der Waals surface area contributed by atoms with Gasteiger partial charge in [0.05, 0.1) is 16.7 Å². The molecule has 1 fully saturated rings. The second-order valence-corrected chi connectivity index (χ2v) is 9.93. The molecule has 0 saturated carbocycles. The first kappa shape index (κ1) is 23.8. The number of rotatable bonds is 8. The molecule has 0 aromatic heterocycles. The monoisotopic (exact) mass is 480 g/mol. The zero-order chi connectivity index (χ0) is 24.0. The molecule has 34 heavy (non-hydrogen) atoms. The van der Waals surface area contributed by atoms with Gasteiger partial charge >= 0.3 is 0 Å². The van der Waals surface area contributed by atoms with Crippen molar-refractivity contribution in [2.75, 3.05) is 23.3 Å². The Hall–Kier alpha value is -3.36. The van der Waals surface area contributed by atoms with Gasteiger partial charge in [0.15, 0.2) is 0 Å². The summed E-state index contributed by atoms with van der Waals surface area (Å²) in [5.74, 6) is 0.104. The minimum Gasteiger partial charge on any atom is -0.489 e. The van der Waals surface area contributed by atoms with Gasteiger partial charge in [-0.2, -0.15) is 0 Å². The van der Waals surface area contributed by atoms with Gasteiger partial charge in [-0.05, 0) is 68.7 Å². The first-order valence-electron chi connectivity index (χ1n) is 11.2. The van der Waals surface area contributed by atoms with Crippen LogP contribution in [0, 0.1) is 6.92 Å². The summed E-state index contributed by atoms with van der Waals surface area (Å²) in [5.41, 5.74) is 2.21. The highest BCUT2D eigenvalue weighted by molar-refractivity contribution is 7.92. The normalized spacial score (nSPS) is 16.0. The zero-order valence-electron chi connectivity index (χ0n) is 19.0. The Morgan fingerprint density at radius 1 is 1.03 bits per heavy atom. The summed E-state index contributed by atoms with van der Waals surface area (Å²) in [5, 5.41) is 2.83. The SMILES string of the molecule is Cc1ccc(NS(=O)(=O)c2cccc(C(=O)Nc3ccccc3OCC3CCCCO3)c2)cc1. The fraction of sp³-hybridized carbons (Fsp3) is 0.269. The Morgan fingerprint density at radius 2 is 1.82 bits per heavy atom. The maximum Gasteiger partial charge on any atom is 0.261 e. The van der Waals surface area contributed by atoms with Crippen molar-refractivity contribution < 1.29 is 22.7 Å². The van der Waals surface area contributed by atoms with Crippen molar-refractivity contribution in [3.05, 3.63) is 83.9 Å². The molecule has 0 radical (unpaired) electrons. The number of carbonyl (C=O) groups is 1. The number of benzene rings is 3. The van der Waals surface area contributed by atoms with Crippen molar-refractivity contribution in [3.8, 4) is 5.75 Å². The summed E-state index contributed by atoms with van der Waals surface area (Å²) >= 11 is 0. The van der Waals surface area contributed by atoms with Crippen LogP contribution in [0.15, 0.2) is 77.7 Å². The first-order chi connectivity index (χ1) is 16.4. The van der Waals surface area contributed by atoms with Crippen LogP contribution in [0.3, 0.4) is 0 Å². The molecule has 8 heteroatoms. The van der Waals surface area contributed by atoms with Gasteiger partial charge in [0.2, 0.25) is 0 Å². The van der Waals surface area contributed by atoms with E-state index in [1.807, 2.05) is 25.1 Å². The fourth-order valence-electron chi connectivity index (χ4n) is 3.65. The van der Waals surface area contributed by atoms with Crippen LogP contribution in [0.5, 0.6) is 5.75 Å². The number of anilines is 2. The quantitative estimate of drug-likeness (QED) is 0.473. The Bertz CT molecular complexity index is 1240. The molecule has 2 N–H and O–H groups in total. The van der Waals surface area contributed by atoms with E-state index in [0.717, 1.165) is 31.4 Å². The third-order valence-electron chi connectivity index (χ3n) is 5.54. The van der Waals surface area contributed by atoms with E-state index in [1.54, 1.807) is 42.5 Å². The smallest absolute Gasteiger partial charge is 0.261 e. The van der Waals surface area contributed by atoms with Crippen molar-refractivity contribution in [2.24, 2.45) is 0 Å². The van der Waals surface area contributed by atoms with Crippen LogP contribution in [0.25, 0.3) is 0 Å². The van der Waals surface area contributed by atoms with Gasteiger partial charge in [-0.3, -0.25) is 9.52 Å². The summed E-state index contributed by atoms with van der Waals surface area (Å²) < 4.78 is 39.8. The number of hydrogen-bond donors (Lipinski definition) is 2. The highest BCUT2D eigenvalue weighted by Gasteiger charge is 2.19. The molecule has 1 aliphatic rings. The molecule has 3 aromatic carbocycles. The molecule has 0 spiro atoms. The topological polar surface area (TPSA) is 93.7 Å². The Labute approximate surface area is 200 Å². The molecular formula is C26H28N2O5S. The molecule has 0 aliphatic carbocycles. The van der Waals surface area contributed by atoms with Gasteiger partial charge < -0.3 is 14.8 Å².